The van der Waals surface area contributed by atoms with Gasteiger partial charge in [-0.2, -0.15) is 0 Å². The van der Waals surface area contributed by atoms with Crippen LogP contribution < -0.4 is 19.6 Å². The van der Waals surface area contributed by atoms with E-state index >= 15 is 0 Å². The second-order valence-corrected chi connectivity index (χ2v) is 5.52. The van der Waals surface area contributed by atoms with Crippen LogP contribution >= 0.6 is 0 Å². The highest BCUT2D eigenvalue weighted by molar-refractivity contribution is 5.89. The van der Waals surface area contributed by atoms with Gasteiger partial charge in [0.15, 0.2) is 16.9 Å². The van der Waals surface area contributed by atoms with E-state index in [0.29, 0.717) is 34.7 Å². The Bertz CT molecular complexity index is 850. The van der Waals surface area contributed by atoms with Crippen molar-refractivity contribution in [2.75, 3.05) is 6.79 Å². The fourth-order valence-corrected chi connectivity index (χ4v) is 3.00. The Balaban J connectivity index is 2.06. The summed E-state index contributed by atoms with van der Waals surface area (Å²) in [6.45, 7) is 6.01. The van der Waals surface area contributed by atoms with Gasteiger partial charge in [-0.1, -0.05) is 6.58 Å². The van der Waals surface area contributed by atoms with Gasteiger partial charge in [0, 0.05) is 13.5 Å². The van der Waals surface area contributed by atoms with Crippen molar-refractivity contribution in [1.82, 2.24) is 4.57 Å². The molecule has 1 unspecified atom stereocenters. The van der Waals surface area contributed by atoms with Crippen molar-refractivity contribution < 1.29 is 14.2 Å². The van der Waals surface area contributed by atoms with Crippen LogP contribution in [0.3, 0.4) is 0 Å². The number of rotatable bonds is 1. The fraction of sp³-hybridized carbons (Fsp3) is 0.312. The summed E-state index contributed by atoms with van der Waals surface area (Å²) in [5, 5.41) is 0.631. The van der Waals surface area contributed by atoms with Gasteiger partial charge >= 0.3 is 0 Å². The molecule has 0 saturated carbocycles. The van der Waals surface area contributed by atoms with Gasteiger partial charge in [-0.15, -0.1) is 0 Å². The van der Waals surface area contributed by atoms with Crippen molar-refractivity contribution in [3.05, 3.63) is 40.1 Å². The first kappa shape index (κ1) is 12.3. The molecule has 5 heteroatoms. The van der Waals surface area contributed by atoms with Crippen LogP contribution in [0.2, 0.25) is 0 Å². The number of ether oxygens (including phenoxy) is 3. The maximum absolute atomic E-state index is 12.7. The second kappa shape index (κ2) is 4.04. The summed E-state index contributed by atoms with van der Waals surface area (Å²) >= 11 is 0. The molecule has 0 spiro atoms. The molecule has 1 aromatic heterocycles. The van der Waals surface area contributed by atoms with Gasteiger partial charge in [0.2, 0.25) is 12.7 Å². The minimum absolute atomic E-state index is 0.000139. The largest absolute Gasteiger partial charge is 0.470 e. The van der Waals surface area contributed by atoms with Gasteiger partial charge in [0.1, 0.15) is 11.6 Å². The van der Waals surface area contributed by atoms with Gasteiger partial charge < -0.3 is 18.8 Å². The molecule has 2 aliphatic rings. The Kier molecular flexibility index (Phi) is 2.37. The quantitative estimate of drug-likeness (QED) is 0.753. The molecule has 2 aromatic rings. The Labute approximate surface area is 121 Å². The molecule has 0 amide bonds. The Morgan fingerprint density at radius 2 is 2.19 bits per heavy atom. The summed E-state index contributed by atoms with van der Waals surface area (Å²) in [7, 11) is 1.88. The predicted molar refractivity (Wildman–Crippen MR) is 78.2 cm³/mol. The summed E-state index contributed by atoms with van der Waals surface area (Å²) in [5.74, 6) is 1.87. The van der Waals surface area contributed by atoms with Crippen LogP contribution in [-0.4, -0.2) is 17.5 Å². The van der Waals surface area contributed by atoms with E-state index in [4.69, 9.17) is 14.2 Å². The maximum atomic E-state index is 12.7. The van der Waals surface area contributed by atoms with Gasteiger partial charge in [-0.3, -0.25) is 4.79 Å². The molecule has 4 rings (SSSR count). The first-order valence-electron chi connectivity index (χ1n) is 6.84. The summed E-state index contributed by atoms with van der Waals surface area (Å²) in [6, 6.07) is 3.57. The minimum atomic E-state index is -0.138. The molecule has 0 N–H and O–H groups in total. The standard InChI is InChI=1S/C16H15NO4/c1-8(2)12-6-10-14(18)9-4-5-11-15(20-7-19-11)13(9)17(3)16(10)21-12/h4-5,12H,1,6-7H2,2-3H3. The van der Waals surface area contributed by atoms with E-state index < -0.39 is 0 Å². The molecule has 108 valence electrons. The molecule has 0 aliphatic carbocycles. The van der Waals surface area contributed by atoms with Crippen LogP contribution in [0, 0.1) is 0 Å². The first-order chi connectivity index (χ1) is 10.1. The third-order valence-corrected chi connectivity index (χ3v) is 4.12. The number of aryl methyl sites for hydroxylation is 1. The number of hydrogen-bond acceptors (Lipinski definition) is 4. The van der Waals surface area contributed by atoms with Crippen molar-refractivity contribution in [2.24, 2.45) is 7.05 Å². The zero-order valence-electron chi connectivity index (χ0n) is 11.9. The highest BCUT2D eigenvalue weighted by Gasteiger charge is 2.31. The number of nitrogens with zero attached hydrogens (tertiary/aromatic N) is 1. The molecule has 3 heterocycles. The summed E-state index contributed by atoms with van der Waals surface area (Å²) in [5.41, 5.74) is 2.34. The average Bonchev–Trinajstić information content (AvgIpc) is 3.10. The number of fused-ring (bicyclic) bond motifs is 4. The lowest BCUT2D eigenvalue weighted by Gasteiger charge is -2.14. The number of aromatic nitrogens is 1. The van der Waals surface area contributed by atoms with Crippen LogP contribution in [-0.2, 0) is 13.5 Å². The van der Waals surface area contributed by atoms with Crippen molar-refractivity contribution in [3.63, 3.8) is 0 Å². The Morgan fingerprint density at radius 3 is 2.95 bits per heavy atom. The van der Waals surface area contributed by atoms with Crippen molar-refractivity contribution in [2.45, 2.75) is 19.4 Å². The predicted octanol–water partition coefficient (Wildman–Crippen LogP) is 2.15. The average molecular weight is 285 g/mol. The number of hydrogen-bond donors (Lipinski definition) is 0. The molecule has 0 bridgehead atoms. The van der Waals surface area contributed by atoms with E-state index in [2.05, 4.69) is 6.58 Å². The van der Waals surface area contributed by atoms with E-state index in [0.717, 1.165) is 11.1 Å². The third-order valence-electron chi connectivity index (χ3n) is 4.12. The van der Waals surface area contributed by atoms with Crippen LogP contribution in [0.1, 0.15) is 12.5 Å². The van der Waals surface area contributed by atoms with Gasteiger partial charge in [0.05, 0.1) is 10.9 Å². The molecule has 1 aromatic carbocycles. The monoisotopic (exact) mass is 285 g/mol. The molecule has 21 heavy (non-hydrogen) atoms. The second-order valence-electron chi connectivity index (χ2n) is 5.52. The zero-order chi connectivity index (χ0) is 14.7. The lowest BCUT2D eigenvalue weighted by Crippen LogP contribution is -2.14. The van der Waals surface area contributed by atoms with E-state index in [9.17, 15) is 4.79 Å². The fourth-order valence-electron chi connectivity index (χ4n) is 3.00. The van der Waals surface area contributed by atoms with Crippen molar-refractivity contribution >= 4 is 10.9 Å². The molecule has 2 aliphatic heterocycles. The lowest BCUT2D eigenvalue weighted by molar-refractivity contribution is 0.174. The van der Waals surface area contributed by atoms with Gasteiger partial charge in [0.25, 0.3) is 0 Å². The number of benzene rings is 1. The van der Waals surface area contributed by atoms with Crippen LogP contribution in [0.5, 0.6) is 17.4 Å². The Morgan fingerprint density at radius 1 is 1.38 bits per heavy atom. The van der Waals surface area contributed by atoms with E-state index in [1.807, 2.05) is 18.5 Å². The van der Waals surface area contributed by atoms with Crippen LogP contribution in [0.4, 0.5) is 0 Å². The van der Waals surface area contributed by atoms with E-state index in [-0.39, 0.29) is 18.3 Å². The minimum Gasteiger partial charge on any atom is -0.470 e. The molecule has 1 atom stereocenters. The van der Waals surface area contributed by atoms with E-state index in [1.54, 1.807) is 12.1 Å². The van der Waals surface area contributed by atoms with Crippen LogP contribution in [0.25, 0.3) is 10.9 Å². The topological polar surface area (TPSA) is 49.7 Å². The zero-order valence-corrected chi connectivity index (χ0v) is 11.9. The molecular weight excluding hydrogens is 270 g/mol. The smallest absolute Gasteiger partial charge is 0.231 e. The normalized spacial score (nSPS) is 18.7. The first-order valence-corrected chi connectivity index (χ1v) is 6.84. The van der Waals surface area contributed by atoms with Gasteiger partial charge in [-0.25, -0.2) is 0 Å². The number of pyridine rings is 1. The summed E-state index contributed by atoms with van der Waals surface area (Å²) in [6.07, 6.45) is 0.433. The van der Waals surface area contributed by atoms with Gasteiger partial charge in [-0.05, 0) is 24.6 Å². The molecular formula is C16H15NO4. The lowest BCUT2D eigenvalue weighted by atomic mass is 10.0. The highest BCUT2D eigenvalue weighted by Crippen LogP contribution is 2.41. The summed E-state index contributed by atoms with van der Waals surface area (Å²) < 4.78 is 18.7. The van der Waals surface area contributed by atoms with Crippen molar-refractivity contribution in [1.29, 1.82) is 0 Å². The Hall–Kier alpha value is -2.43. The van der Waals surface area contributed by atoms with Crippen LogP contribution in [0.15, 0.2) is 29.1 Å². The molecule has 0 saturated heterocycles. The molecule has 5 nitrogen and oxygen atoms in total. The molecule has 0 fully saturated rings. The molecule has 0 radical (unpaired) electrons. The van der Waals surface area contributed by atoms with E-state index in [1.165, 1.54) is 0 Å². The summed E-state index contributed by atoms with van der Waals surface area (Å²) in [4.78, 5) is 12.7. The highest BCUT2D eigenvalue weighted by atomic mass is 16.7. The van der Waals surface area contributed by atoms with Crippen molar-refractivity contribution in [3.8, 4) is 17.4 Å². The third kappa shape index (κ3) is 1.54. The SMILES string of the molecule is C=C(C)C1Cc2c(n(C)c3c4c(ccc3c2=O)OCO4)O1. The maximum Gasteiger partial charge on any atom is 0.231 e.